The standard InChI is InChI=1S/C28H24N2O3/c1-18-7-9-21(10-8-18)28(32)30-26(20-11-14-22(33-2)15-12-20)17-25(29-30)24-16-13-19-5-3-4-6-23(19)27(24)31/h3-16,26,31H,17H2,1-2H3/t26-/m0/s1. The van der Waals surface area contributed by atoms with Crippen molar-refractivity contribution in [2.75, 3.05) is 7.11 Å². The monoisotopic (exact) mass is 436 g/mol. The van der Waals surface area contributed by atoms with Crippen LogP contribution in [-0.4, -0.2) is 28.8 Å². The van der Waals surface area contributed by atoms with Crippen LogP contribution in [0.5, 0.6) is 11.5 Å². The van der Waals surface area contributed by atoms with Crippen LogP contribution in [-0.2, 0) is 0 Å². The van der Waals surface area contributed by atoms with Crippen LogP contribution in [0.25, 0.3) is 10.8 Å². The fraction of sp³-hybridized carbons (Fsp3) is 0.143. The van der Waals surface area contributed by atoms with E-state index in [1.54, 1.807) is 7.11 Å². The number of hydrogen-bond acceptors (Lipinski definition) is 4. The summed E-state index contributed by atoms with van der Waals surface area (Å²) in [5, 5.41) is 19.0. The Morgan fingerprint density at radius 1 is 0.970 bits per heavy atom. The molecule has 5 heteroatoms. The number of nitrogens with zero attached hydrogens (tertiary/aromatic N) is 2. The molecule has 1 aliphatic rings. The zero-order valence-corrected chi connectivity index (χ0v) is 18.5. The van der Waals surface area contributed by atoms with Gasteiger partial charge >= 0.3 is 0 Å². The molecule has 5 nitrogen and oxygen atoms in total. The van der Waals surface area contributed by atoms with E-state index in [2.05, 4.69) is 0 Å². The van der Waals surface area contributed by atoms with Gasteiger partial charge in [0.25, 0.3) is 5.91 Å². The van der Waals surface area contributed by atoms with Crippen LogP contribution in [0.4, 0.5) is 0 Å². The fourth-order valence-corrected chi connectivity index (χ4v) is 4.26. The second-order valence-corrected chi connectivity index (χ2v) is 8.24. The number of carbonyl (C=O) groups excluding carboxylic acids is 1. The molecule has 4 aromatic carbocycles. The molecule has 33 heavy (non-hydrogen) atoms. The van der Waals surface area contributed by atoms with E-state index in [0.717, 1.165) is 27.6 Å². The van der Waals surface area contributed by atoms with Gasteiger partial charge in [-0.1, -0.05) is 60.2 Å². The third-order valence-corrected chi connectivity index (χ3v) is 6.13. The number of phenols is 1. The molecule has 4 aromatic rings. The highest BCUT2D eigenvalue weighted by molar-refractivity contribution is 6.10. The van der Waals surface area contributed by atoms with Crippen molar-refractivity contribution in [2.45, 2.75) is 19.4 Å². The van der Waals surface area contributed by atoms with Gasteiger partial charge in [0, 0.05) is 22.9 Å². The summed E-state index contributed by atoms with van der Waals surface area (Å²) in [4.78, 5) is 13.5. The highest BCUT2D eigenvalue weighted by Crippen LogP contribution is 2.38. The van der Waals surface area contributed by atoms with Crippen LogP contribution in [0, 0.1) is 6.92 Å². The van der Waals surface area contributed by atoms with Crippen LogP contribution in [0.1, 0.15) is 39.5 Å². The highest BCUT2D eigenvalue weighted by atomic mass is 16.5. The maximum atomic E-state index is 13.5. The molecule has 5 rings (SSSR count). The summed E-state index contributed by atoms with van der Waals surface area (Å²) < 4.78 is 5.29. The third kappa shape index (κ3) is 3.82. The minimum atomic E-state index is -0.287. The van der Waals surface area contributed by atoms with Gasteiger partial charge in [0.05, 0.1) is 18.9 Å². The minimum absolute atomic E-state index is 0.175. The molecular weight excluding hydrogens is 412 g/mol. The molecule has 0 unspecified atom stereocenters. The number of rotatable bonds is 4. The number of aryl methyl sites for hydroxylation is 1. The van der Waals surface area contributed by atoms with Crippen molar-refractivity contribution in [3.05, 3.63) is 107 Å². The number of amides is 1. The van der Waals surface area contributed by atoms with Crippen molar-refractivity contribution in [1.29, 1.82) is 0 Å². The molecule has 0 spiro atoms. The normalized spacial score (nSPS) is 15.5. The van der Waals surface area contributed by atoms with E-state index in [1.807, 2.05) is 91.9 Å². The minimum Gasteiger partial charge on any atom is -0.507 e. The number of hydrazone groups is 1. The van der Waals surface area contributed by atoms with E-state index in [1.165, 1.54) is 5.01 Å². The van der Waals surface area contributed by atoms with Crippen LogP contribution in [0.15, 0.2) is 90.0 Å². The topological polar surface area (TPSA) is 62.1 Å². The zero-order chi connectivity index (χ0) is 22.9. The maximum Gasteiger partial charge on any atom is 0.274 e. The van der Waals surface area contributed by atoms with Crippen molar-refractivity contribution in [3.63, 3.8) is 0 Å². The molecule has 0 radical (unpaired) electrons. The summed E-state index contributed by atoms with van der Waals surface area (Å²) in [5.41, 5.74) is 3.94. The predicted molar refractivity (Wildman–Crippen MR) is 130 cm³/mol. The molecule has 1 amide bonds. The van der Waals surface area contributed by atoms with E-state index >= 15 is 0 Å². The predicted octanol–water partition coefficient (Wildman–Crippen LogP) is 5.85. The lowest BCUT2D eigenvalue weighted by Crippen LogP contribution is -2.27. The fourth-order valence-electron chi connectivity index (χ4n) is 4.26. The molecule has 0 aromatic heterocycles. The first kappa shape index (κ1) is 20.8. The Balaban J connectivity index is 1.58. The largest absolute Gasteiger partial charge is 0.507 e. The van der Waals surface area contributed by atoms with E-state index in [9.17, 15) is 9.90 Å². The summed E-state index contributed by atoms with van der Waals surface area (Å²) in [6.07, 6.45) is 0.496. The van der Waals surface area contributed by atoms with Crippen molar-refractivity contribution >= 4 is 22.4 Å². The molecule has 1 N–H and O–H groups in total. The van der Waals surface area contributed by atoms with Crippen LogP contribution < -0.4 is 4.74 Å². The SMILES string of the molecule is COc1ccc([C@@H]2CC(c3ccc4ccccc4c3O)=NN2C(=O)c2ccc(C)cc2)cc1. The molecule has 0 fully saturated rings. The number of aromatic hydroxyl groups is 1. The molecular formula is C28H24N2O3. The van der Waals surface area contributed by atoms with E-state index in [4.69, 9.17) is 9.84 Å². The van der Waals surface area contributed by atoms with Crippen LogP contribution >= 0.6 is 0 Å². The van der Waals surface area contributed by atoms with E-state index < -0.39 is 0 Å². The summed E-state index contributed by atoms with van der Waals surface area (Å²) in [6.45, 7) is 1.99. The first-order valence-corrected chi connectivity index (χ1v) is 10.9. The maximum absolute atomic E-state index is 13.5. The van der Waals surface area contributed by atoms with Gasteiger partial charge in [-0.2, -0.15) is 5.10 Å². The number of carbonyl (C=O) groups is 1. The lowest BCUT2D eigenvalue weighted by Gasteiger charge is -2.22. The van der Waals surface area contributed by atoms with Gasteiger partial charge in [0.15, 0.2) is 0 Å². The van der Waals surface area contributed by atoms with E-state index in [0.29, 0.717) is 23.3 Å². The average Bonchev–Trinajstić information content (AvgIpc) is 3.29. The quantitative estimate of drug-likeness (QED) is 0.436. The number of hydrogen-bond donors (Lipinski definition) is 1. The van der Waals surface area contributed by atoms with Gasteiger partial charge in [0.2, 0.25) is 0 Å². The Labute approximate surface area is 192 Å². The van der Waals surface area contributed by atoms with E-state index in [-0.39, 0.29) is 17.7 Å². The van der Waals surface area contributed by atoms with Crippen molar-refractivity contribution in [3.8, 4) is 11.5 Å². The molecule has 1 atom stereocenters. The molecule has 1 heterocycles. The second kappa shape index (κ2) is 8.43. The van der Waals surface area contributed by atoms with Crippen LogP contribution in [0.2, 0.25) is 0 Å². The Bertz CT molecular complexity index is 1360. The van der Waals surface area contributed by atoms with Gasteiger partial charge in [-0.15, -0.1) is 0 Å². The van der Waals surface area contributed by atoms with Crippen molar-refractivity contribution in [1.82, 2.24) is 5.01 Å². The van der Waals surface area contributed by atoms with Crippen molar-refractivity contribution in [2.24, 2.45) is 5.10 Å². The zero-order valence-electron chi connectivity index (χ0n) is 18.5. The second-order valence-electron chi connectivity index (χ2n) is 8.24. The smallest absolute Gasteiger partial charge is 0.274 e. The summed E-state index contributed by atoms with van der Waals surface area (Å²) in [6, 6.07) is 26.4. The molecule has 0 saturated heterocycles. The first-order chi connectivity index (χ1) is 16.0. The summed E-state index contributed by atoms with van der Waals surface area (Å²) in [7, 11) is 1.63. The van der Waals surface area contributed by atoms with Crippen molar-refractivity contribution < 1.29 is 14.6 Å². The lowest BCUT2D eigenvalue weighted by atomic mass is 9.95. The van der Waals surface area contributed by atoms with Gasteiger partial charge in [-0.25, -0.2) is 5.01 Å². The number of ether oxygens (including phenoxy) is 1. The Hall–Kier alpha value is -4.12. The molecule has 0 saturated carbocycles. The molecule has 164 valence electrons. The number of fused-ring (bicyclic) bond motifs is 1. The highest BCUT2D eigenvalue weighted by Gasteiger charge is 2.34. The van der Waals surface area contributed by atoms with Gasteiger partial charge in [0.1, 0.15) is 11.5 Å². The van der Waals surface area contributed by atoms with Gasteiger partial charge in [-0.05, 0) is 48.2 Å². The molecule has 1 aliphatic heterocycles. The number of phenolic OH excluding ortho intramolecular Hbond substituents is 1. The Morgan fingerprint density at radius 2 is 1.70 bits per heavy atom. The molecule has 0 aliphatic carbocycles. The Morgan fingerprint density at radius 3 is 2.42 bits per heavy atom. The average molecular weight is 437 g/mol. The lowest BCUT2D eigenvalue weighted by molar-refractivity contribution is 0.0711. The third-order valence-electron chi connectivity index (χ3n) is 6.13. The van der Waals surface area contributed by atoms with Gasteiger partial charge < -0.3 is 9.84 Å². The van der Waals surface area contributed by atoms with Gasteiger partial charge in [-0.3, -0.25) is 4.79 Å². The Kier molecular flexibility index (Phi) is 5.31. The first-order valence-electron chi connectivity index (χ1n) is 10.9. The number of benzene rings is 4. The summed E-state index contributed by atoms with van der Waals surface area (Å²) >= 11 is 0. The molecule has 0 bridgehead atoms. The van der Waals surface area contributed by atoms with Crippen LogP contribution in [0.3, 0.4) is 0 Å². The number of methoxy groups -OCH3 is 1. The summed E-state index contributed by atoms with van der Waals surface area (Å²) in [5.74, 6) is 0.762.